The minimum Gasteiger partial charge on any atom is -0.223 e. The molecule has 0 spiro atoms. The lowest BCUT2D eigenvalue weighted by Gasteiger charge is -2.35. The molecule has 0 aliphatic rings. The molecule has 0 aliphatic carbocycles. The van der Waals surface area contributed by atoms with Crippen molar-refractivity contribution in [2.45, 2.75) is 174 Å². The van der Waals surface area contributed by atoms with Crippen LogP contribution in [-0.4, -0.2) is 117 Å². The average Bonchev–Trinajstić information content (AvgIpc) is 3.18. The molecule has 0 bridgehead atoms. The van der Waals surface area contributed by atoms with Crippen LogP contribution in [0.5, 0.6) is 0 Å². The smallest absolute Gasteiger partial charge is 0.223 e. The summed E-state index contributed by atoms with van der Waals surface area (Å²) in [6.07, 6.45) is -99.1. The van der Waals surface area contributed by atoms with Crippen LogP contribution in [0.1, 0.15) is 77.0 Å². The van der Waals surface area contributed by atoms with Gasteiger partial charge in [0, 0.05) is 51.0 Å². The van der Waals surface area contributed by atoms with Gasteiger partial charge in [-0.3, -0.25) is 0 Å². The molecule has 6 atom stereocenters. The second kappa shape index (κ2) is 29.9. The van der Waals surface area contributed by atoms with Crippen molar-refractivity contribution in [3.05, 3.63) is 0 Å². The van der Waals surface area contributed by atoms with Crippen LogP contribution in [0.4, 0.5) is 176 Å². The highest BCUT2D eigenvalue weighted by Gasteiger charge is 2.77. The third-order valence-corrected chi connectivity index (χ3v) is 13.1. The van der Waals surface area contributed by atoms with Gasteiger partial charge in [0.25, 0.3) is 23.7 Å². The number of nitriles is 1. The summed E-state index contributed by atoms with van der Waals surface area (Å²) in [7, 11) is 8.08. The molecule has 0 saturated carbocycles. The average molecular weight is 1460 g/mol. The summed E-state index contributed by atoms with van der Waals surface area (Å²) < 4.78 is 550. The Morgan fingerprint density at radius 3 is 0.765 bits per heavy atom. The third-order valence-electron chi connectivity index (χ3n) is 11.3. The van der Waals surface area contributed by atoms with E-state index in [-0.39, 0.29) is 11.8 Å². The maximum atomic E-state index is 14.1. The van der Waals surface area contributed by atoms with E-state index >= 15 is 0 Å². The second-order valence-corrected chi connectivity index (χ2v) is 22.0. The molecule has 0 aliphatic heterocycles. The van der Waals surface area contributed by atoms with E-state index in [1.165, 1.54) is 5.40 Å². The molecule has 0 fully saturated rings. The van der Waals surface area contributed by atoms with Crippen LogP contribution in [0.2, 0.25) is 0 Å². The van der Waals surface area contributed by atoms with Gasteiger partial charge < -0.3 is 0 Å². The first kappa shape index (κ1) is 87.1. The molecule has 0 saturated heterocycles. The van der Waals surface area contributed by atoms with Gasteiger partial charge in [0.05, 0.1) is 66.9 Å². The maximum Gasteiger partial charge on any atom is 0.431 e. The van der Waals surface area contributed by atoms with E-state index in [0.29, 0.717) is 0 Å². The molecule has 0 aromatic carbocycles. The monoisotopic (exact) mass is 1450 g/mol. The summed E-state index contributed by atoms with van der Waals surface area (Å²) in [5, 5.41) is 9.57. The van der Waals surface area contributed by atoms with Gasteiger partial charge in [-0.25, -0.2) is 52.3 Å². The Morgan fingerprint density at radius 2 is 0.565 bits per heavy atom. The first-order chi connectivity index (χ1) is 36.7. The van der Waals surface area contributed by atoms with Crippen molar-refractivity contribution in [1.29, 1.82) is 5.26 Å². The number of rotatable bonds is 26. The predicted octanol–water partition coefficient (Wildman–Crippen LogP) is 21.1. The van der Waals surface area contributed by atoms with Gasteiger partial charge in [-0.2, -0.15) is 137 Å². The summed E-state index contributed by atoms with van der Waals surface area (Å²) in [6.45, 7) is 0. The molecular formula is C37H34Cl3F40NO2S2. The Kier molecular flexibility index (Phi) is 30.6. The molecule has 6 unspecified atom stereocenters. The van der Waals surface area contributed by atoms with Crippen molar-refractivity contribution in [2.24, 2.45) is 35.5 Å². The summed E-state index contributed by atoms with van der Waals surface area (Å²) in [6, 6.07) is 0. The van der Waals surface area contributed by atoms with Crippen LogP contribution < -0.4 is 0 Å². The maximum absolute atomic E-state index is 14.1. The highest BCUT2D eigenvalue weighted by Crippen LogP contribution is 2.57. The Morgan fingerprint density at radius 1 is 0.341 bits per heavy atom. The topological polar surface area (TPSA) is 57.9 Å². The van der Waals surface area contributed by atoms with Crippen molar-refractivity contribution >= 4 is 53.2 Å². The SMILES string of the molecule is ClCl.N#CSCCC(CC(CC(CC(F)(F)CC(F)(F)CC(F)(C(F)(F)F)C(F)(F)F)C(F)(F)F)C(F)(F)F)C(F)(F)F.O=S(=O)(Cl)CCC(CC(CC(CC(F)(F)CC(F)(F)CC(F)(C(F)(F)F)C(F)(F)F)C(F)(F)F)C(F)(F)F)C(F)(F)F. The van der Waals surface area contributed by atoms with Gasteiger partial charge in [-0.1, -0.05) is 0 Å². The fourth-order valence-electron chi connectivity index (χ4n) is 7.31. The van der Waals surface area contributed by atoms with Gasteiger partial charge in [0.15, 0.2) is 0 Å². The van der Waals surface area contributed by atoms with Crippen LogP contribution in [0.25, 0.3) is 0 Å². The summed E-state index contributed by atoms with van der Waals surface area (Å²) in [5.41, 5.74) is -13.7. The summed E-state index contributed by atoms with van der Waals surface area (Å²) in [5.74, 6) is -48.0. The van der Waals surface area contributed by atoms with Crippen molar-refractivity contribution in [3.63, 3.8) is 0 Å². The fourth-order valence-corrected chi connectivity index (χ4v) is 8.64. The number of alkyl halides is 40. The zero-order chi connectivity index (χ0) is 69.3. The fraction of sp³-hybridized carbons (Fsp3) is 0.973. The molecule has 0 aromatic rings. The third kappa shape index (κ3) is 30.5. The number of thioether (sulfide) groups is 1. The minimum absolute atomic E-state index is 0.132. The van der Waals surface area contributed by atoms with Crippen molar-refractivity contribution < 1.29 is 184 Å². The Bertz CT molecular complexity index is 2120. The molecular weight excluding hydrogens is 1420 g/mol. The lowest BCUT2D eigenvalue weighted by atomic mass is 9.81. The Labute approximate surface area is 468 Å². The number of halogens is 43. The van der Waals surface area contributed by atoms with Crippen molar-refractivity contribution in [3.8, 4) is 5.40 Å². The van der Waals surface area contributed by atoms with E-state index in [1.54, 1.807) is 0 Å². The Balaban J connectivity index is -0.00000154. The van der Waals surface area contributed by atoms with Gasteiger partial charge in [0.2, 0.25) is 9.05 Å². The molecule has 0 rings (SSSR count). The lowest BCUT2D eigenvalue weighted by Crippen LogP contribution is -2.56. The lowest BCUT2D eigenvalue weighted by molar-refractivity contribution is -0.356. The zero-order valence-corrected chi connectivity index (χ0v) is 44.1. The van der Waals surface area contributed by atoms with Crippen molar-refractivity contribution in [1.82, 2.24) is 0 Å². The summed E-state index contributed by atoms with van der Waals surface area (Å²) >= 11 is 0.132. The largest absolute Gasteiger partial charge is 0.431 e. The van der Waals surface area contributed by atoms with E-state index < -0.39 is 230 Å². The van der Waals surface area contributed by atoms with Gasteiger partial charge >= 0.3 is 73.1 Å². The van der Waals surface area contributed by atoms with E-state index in [4.69, 9.17) is 5.26 Å². The normalized spacial score (nSPS) is 17.2. The quantitative estimate of drug-likeness (QED) is 0.0375. The zero-order valence-electron chi connectivity index (χ0n) is 40.2. The van der Waals surface area contributed by atoms with Crippen LogP contribution in [0.15, 0.2) is 0 Å². The minimum atomic E-state index is -7.20. The van der Waals surface area contributed by atoms with Gasteiger partial charge in [0.1, 0.15) is 5.40 Å². The highest BCUT2D eigenvalue weighted by atomic mass is 36.5. The first-order valence-electron chi connectivity index (χ1n) is 21.4. The molecule has 0 aromatic heterocycles. The van der Waals surface area contributed by atoms with E-state index in [2.05, 4.69) is 32.4 Å². The van der Waals surface area contributed by atoms with E-state index in [1.807, 2.05) is 0 Å². The Hall–Kier alpha value is -2.14. The van der Waals surface area contributed by atoms with Crippen LogP contribution >= 0.6 is 44.2 Å². The van der Waals surface area contributed by atoms with Crippen LogP contribution in [0, 0.1) is 46.2 Å². The molecule has 0 N–H and O–H groups in total. The van der Waals surface area contributed by atoms with Crippen molar-refractivity contribution in [2.75, 3.05) is 11.5 Å². The van der Waals surface area contributed by atoms with E-state index in [9.17, 15) is 184 Å². The van der Waals surface area contributed by atoms with Crippen LogP contribution in [-0.2, 0) is 9.05 Å². The van der Waals surface area contributed by atoms with Gasteiger partial charge in [-0.15, -0.1) is 0 Å². The molecule has 85 heavy (non-hydrogen) atoms. The molecule has 3 nitrogen and oxygen atoms in total. The first-order valence-corrected chi connectivity index (χ1v) is 26.0. The number of hydrogen-bond acceptors (Lipinski definition) is 4. The molecule has 512 valence electrons. The molecule has 0 amide bonds. The molecule has 0 radical (unpaired) electrons. The van der Waals surface area contributed by atoms with Gasteiger partial charge in [-0.05, 0) is 50.3 Å². The number of nitrogens with zero attached hydrogens (tertiary/aromatic N) is 1. The standard InChI is InChI=1S/C19H17F20NS.C18H17ClF20O2S.Cl2/c20-12(21,6-13(22,23)7-14(24,18(34,35)36)19(37,38)39)5-11(17(31,32)33)4-10(16(28,29)30)3-9(15(25,26)27)1-2-41-8-40;19-42(40,41)2-1-8(14(25,26)27)3-9(15(28,29)30)4-10(16(31,32)33)5-11(20,21)6-12(22,23)7-13(24,17(34,35)36)18(37,38)39;1-2/h9-11H,1-7H2;8-10H,1-7H2;. The van der Waals surface area contributed by atoms with Crippen LogP contribution in [0.3, 0.4) is 0 Å². The molecule has 48 heteroatoms. The summed E-state index contributed by atoms with van der Waals surface area (Å²) in [4.78, 5) is 0. The van der Waals surface area contributed by atoms with E-state index in [0.717, 1.165) is 0 Å². The highest BCUT2D eigenvalue weighted by molar-refractivity contribution is 8.13. The number of thiocyanates is 1. The number of hydrogen-bond donors (Lipinski definition) is 0. The second-order valence-electron chi connectivity index (χ2n) is 18.3. The molecule has 0 heterocycles. The predicted molar refractivity (Wildman–Crippen MR) is 214 cm³/mol.